The van der Waals surface area contributed by atoms with Crippen molar-refractivity contribution in [3.8, 4) is 21.8 Å². The fourth-order valence-corrected chi connectivity index (χ4v) is 4.67. The largest absolute Gasteiger partial charge is 0.326 e. The highest BCUT2D eigenvalue weighted by Gasteiger charge is 2.13. The molecule has 5 aromatic rings. The van der Waals surface area contributed by atoms with E-state index in [0.717, 1.165) is 38.2 Å². The highest BCUT2D eigenvalue weighted by atomic mass is 32.1. The minimum atomic E-state index is -0.281. The molecule has 0 unspecified atom stereocenters. The Bertz CT molecular complexity index is 1310. The molecule has 8 heteroatoms. The number of imidazole rings is 1. The molecule has 1 N–H and O–H groups in total. The van der Waals surface area contributed by atoms with Gasteiger partial charge in [-0.1, -0.05) is 0 Å². The van der Waals surface area contributed by atoms with E-state index in [1.165, 1.54) is 23.5 Å². The minimum Gasteiger partial charge on any atom is -0.326 e. The molecule has 5 nitrogen and oxygen atoms in total. The lowest BCUT2D eigenvalue weighted by Gasteiger charge is -2.05. The number of thiazole rings is 2. The van der Waals surface area contributed by atoms with Gasteiger partial charge in [0.2, 0.25) is 5.91 Å². The molecule has 30 heavy (non-hydrogen) atoms. The van der Waals surface area contributed by atoms with Gasteiger partial charge in [-0.3, -0.25) is 9.20 Å². The number of nitrogens with one attached hydrogen (secondary N) is 1. The number of amides is 1. The fourth-order valence-electron chi connectivity index (χ4n) is 3.15. The number of halogens is 1. The Kier molecular flexibility index (Phi) is 4.86. The summed E-state index contributed by atoms with van der Waals surface area (Å²) >= 11 is 3.05. The first kappa shape index (κ1) is 18.7. The number of hydrogen-bond donors (Lipinski definition) is 1. The Morgan fingerprint density at radius 2 is 1.80 bits per heavy atom. The number of anilines is 1. The van der Waals surface area contributed by atoms with Gasteiger partial charge in [0.1, 0.15) is 10.8 Å². The van der Waals surface area contributed by atoms with E-state index >= 15 is 0 Å². The molecule has 148 valence electrons. The van der Waals surface area contributed by atoms with Crippen LogP contribution in [0.25, 0.3) is 26.8 Å². The summed E-state index contributed by atoms with van der Waals surface area (Å²) < 4.78 is 15.1. The van der Waals surface area contributed by atoms with E-state index in [4.69, 9.17) is 0 Å². The van der Waals surface area contributed by atoms with Gasteiger partial charge in [0, 0.05) is 45.7 Å². The van der Waals surface area contributed by atoms with Crippen LogP contribution in [-0.2, 0) is 11.2 Å². The molecule has 5 rings (SSSR count). The van der Waals surface area contributed by atoms with Crippen molar-refractivity contribution >= 4 is 39.2 Å². The molecule has 0 aliphatic rings. The number of aromatic nitrogens is 3. The van der Waals surface area contributed by atoms with Crippen LogP contribution in [0.1, 0.15) is 5.69 Å². The van der Waals surface area contributed by atoms with Crippen molar-refractivity contribution < 1.29 is 9.18 Å². The first-order chi connectivity index (χ1) is 14.7. The predicted molar refractivity (Wildman–Crippen MR) is 118 cm³/mol. The van der Waals surface area contributed by atoms with Gasteiger partial charge in [0.25, 0.3) is 0 Å². The third kappa shape index (κ3) is 3.74. The van der Waals surface area contributed by atoms with Gasteiger partial charge >= 0.3 is 0 Å². The first-order valence-electron chi connectivity index (χ1n) is 9.17. The summed E-state index contributed by atoms with van der Waals surface area (Å²) in [6, 6.07) is 13.9. The van der Waals surface area contributed by atoms with E-state index in [2.05, 4.69) is 15.3 Å². The average molecular weight is 435 g/mol. The molecule has 0 spiro atoms. The molecule has 0 aliphatic heterocycles. The lowest BCUT2D eigenvalue weighted by molar-refractivity contribution is -0.115. The third-order valence-corrected chi connectivity index (χ3v) is 6.32. The molecule has 0 saturated carbocycles. The molecule has 0 radical (unpaired) electrons. The summed E-state index contributed by atoms with van der Waals surface area (Å²) in [6.07, 6.45) is 3.88. The molecule has 1 amide bonds. The van der Waals surface area contributed by atoms with Crippen molar-refractivity contribution in [2.75, 3.05) is 5.32 Å². The molecule has 0 fully saturated rings. The second-order valence-corrected chi connectivity index (χ2v) is 8.38. The number of carbonyl (C=O) groups excluding carboxylic acids is 1. The zero-order chi connectivity index (χ0) is 20.5. The van der Waals surface area contributed by atoms with Crippen LogP contribution in [0.15, 0.2) is 71.7 Å². The van der Waals surface area contributed by atoms with Crippen molar-refractivity contribution in [1.29, 1.82) is 0 Å². The smallest absolute Gasteiger partial charge is 0.230 e. The maximum absolute atomic E-state index is 13.2. The topological polar surface area (TPSA) is 59.3 Å². The third-order valence-electron chi connectivity index (χ3n) is 4.61. The number of rotatable bonds is 5. The molecule has 3 heterocycles. The SMILES string of the molecule is O=C(Cc1csc2nc(-c3ccc(F)cc3)cn12)Nc1ccc(-c2nccs2)cc1. The van der Waals surface area contributed by atoms with Crippen LogP contribution in [-0.4, -0.2) is 20.3 Å². The van der Waals surface area contributed by atoms with Crippen LogP contribution in [0.5, 0.6) is 0 Å². The Balaban J connectivity index is 1.30. The van der Waals surface area contributed by atoms with Crippen LogP contribution >= 0.6 is 22.7 Å². The molecule has 0 saturated heterocycles. The predicted octanol–water partition coefficient (Wildman–Crippen LogP) is 5.51. The number of hydrogen-bond acceptors (Lipinski definition) is 5. The van der Waals surface area contributed by atoms with E-state index in [-0.39, 0.29) is 18.1 Å². The van der Waals surface area contributed by atoms with E-state index in [1.807, 2.05) is 45.6 Å². The van der Waals surface area contributed by atoms with Crippen LogP contribution < -0.4 is 5.32 Å². The van der Waals surface area contributed by atoms with Gasteiger partial charge in [0.15, 0.2) is 4.96 Å². The number of nitrogens with zero attached hydrogens (tertiary/aromatic N) is 3. The monoisotopic (exact) mass is 434 g/mol. The van der Waals surface area contributed by atoms with E-state index in [0.29, 0.717) is 0 Å². The highest BCUT2D eigenvalue weighted by Crippen LogP contribution is 2.25. The number of carbonyl (C=O) groups is 1. The normalized spacial score (nSPS) is 11.1. The summed E-state index contributed by atoms with van der Waals surface area (Å²) in [5.74, 6) is -0.384. The van der Waals surface area contributed by atoms with Crippen LogP contribution in [0.3, 0.4) is 0 Å². The Morgan fingerprint density at radius 3 is 2.53 bits per heavy atom. The van der Waals surface area contributed by atoms with E-state index in [1.54, 1.807) is 29.7 Å². The Labute approximate surface area is 179 Å². The molecule has 2 aromatic carbocycles. The van der Waals surface area contributed by atoms with Gasteiger partial charge < -0.3 is 5.32 Å². The quantitative estimate of drug-likeness (QED) is 0.397. The zero-order valence-electron chi connectivity index (χ0n) is 15.6. The minimum absolute atomic E-state index is 0.103. The first-order valence-corrected chi connectivity index (χ1v) is 10.9. The maximum atomic E-state index is 13.2. The van der Waals surface area contributed by atoms with Gasteiger partial charge in [-0.15, -0.1) is 22.7 Å². The van der Waals surface area contributed by atoms with E-state index in [9.17, 15) is 9.18 Å². The Hall–Kier alpha value is -3.36. The molecule has 0 atom stereocenters. The van der Waals surface area contributed by atoms with Crippen molar-refractivity contribution in [2.24, 2.45) is 0 Å². The van der Waals surface area contributed by atoms with Crippen molar-refractivity contribution in [3.05, 3.63) is 83.2 Å². The highest BCUT2D eigenvalue weighted by molar-refractivity contribution is 7.15. The lowest BCUT2D eigenvalue weighted by atomic mass is 10.2. The van der Waals surface area contributed by atoms with Crippen molar-refractivity contribution in [2.45, 2.75) is 6.42 Å². The molecule has 0 bridgehead atoms. The summed E-state index contributed by atoms with van der Waals surface area (Å²) in [7, 11) is 0. The lowest BCUT2D eigenvalue weighted by Crippen LogP contribution is -2.15. The number of fused-ring (bicyclic) bond motifs is 1. The van der Waals surface area contributed by atoms with Gasteiger partial charge in [-0.05, 0) is 48.5 Å². The second kappa shape index (κ2) is 7.81. The molecular formula is C22H15FN4OS2. The second-order valence-electron chi connectivity index (χ2n) is 6.65. The number of benzene rings is 2. The average Bonchev–Trinajstić information content (AvgIpc) is 3.48. The van der Waals surface area contributed by atoms with Gasteiger partial charge in [-0.2, -0.15) is 0 Å². The Morgan fingerprint density at radius 1 is 1.03 bits per heavy atom. The summed E-state index contributed by atoms with van der Waals surface area (Å²) in [5.41, 5.74) is 4.20. The fraction of sp³-hybridized carbons (Fsp3) is 0.0455. The summed E-state index contributed by atoms with van der Waals surface area (Å²) in [6.45, 7) is 0. The standard InChI is InChI=1S/C22H15FN4OS2/c23-16-5-1-14(2-6-16)19-12-27-18(13-30-22(27)26-19)11-20(28)25-17-7-3-15(4-8-17)21-24-9-10-29-21/h1-10,12-13H,11H2,(H,25,28). The molecule has 3 aromatic heterocycles. The van der Waals surface area contributed by atoms with Crippen LogP contribution in [0, 0.1) is 5.82 Å². The maximum Gasteiger partial charge on any atom is 0.230 e. The van der Waals surface area contributed by atoms with Gasteiger partial charge in [0.05, 0.1) is 12.1 Å². The van der Waals surface area contributed by atoms with Crippen LogP contribution in [0.2, 0.25) is 0 Å². The van der Waals surface area contributed by atoms with Crippen molar-refractivity contribution in [1.82, 2.24) is 14.4 Å². The van der Waals surface area contributed by atoms with Gasteiger partial charge in [-0.25, -0.2) is 14.4 Å². The van der Waals surface area contributed by atoms with Crippen LogP contribution in [0.4, 0.5) is 10.1 Å². The van der Waals surface area contributed by atoms with Crippen molar-refractivity contribution in [3.63, 3.8) is 0 Å². The summed E-state index contributed by atoms with van der Waals surface area (Å²) in [5, 5.41) is 7.75. The zero-order valence-corrected chi connectivity index (χ0v) is 17.2. The van der Waals surface area contributed by atoms with E-state index < -0.39 is 0 Å². The summed E-state index contributed by atoms with van der Waals surface area (Å²) in [4.78, 5) is 22.2. The molecule has 0 aliphatic carbocycles. The molecular weight excluding hydrogens is 419 g/mol.